The molecular weight excluding hydrogens is 160 g/mol. The Bertz CT molecular complexity index is 324. The van der Waals surface area contributed by atoms with E-state index < -0.39 is 0 Å². The molecule has 1 rings (SSSR count). The molecule has 0 fully saturated rings. The van der Waals surface area contributed by atoms with Crippen LogP contribution in [-0.4, -0.2) is 7.11 Å². The van der Waals surface area contributed by atoms with Crippen molar-refractivity contribution in [3.63, 3.8) is 0 Å². The molecule has 0 spiro atoms. The average molecular weight is 176 g/mol. The number of hydrogen-bond donors (Lipinski definition) is 0. The smallest absolute Gasteiger partial charge is 0.122 e. The maximum absolute atomic E-state index is 5.28. The first-order valence-electron chi connectivity index (χ1n) is 4.47. The minimum atomic E-state index is 0.966. The fraction of sp³-hybridized carbons (Fsp3) is 0.333. The number of benzene rings is 1. The van der Waals surface area contributed by atoms with Gasteiger partial charge in [0.1, 0.15) is 5.75 Å². The molecule has 0 atom stereocenters. The largest absolute Gasteiger partial charge is 0.496 e. The summed E-state index contributed by atoms with van der Waals surface area (Å²) in [6.45, 7) is 6.19. The fourth-order valence-electron chi connectivity index (χ4n) is 1.35. The van der Waals surface area contributed by atoms with Crippen molar-refractivity contribution in [2.45, 2.75) is 20.8 Å². The van der Waals surface area contributed by atoms with Crippen LogP contribution in [0.15, 0.2) is 18.2 Å². The van der Waals surface area contributed by atoms with Crippen LogP contribution in [0.2, 0.25) is 0 Å². The van der Waals surface area contributed by atoms with Crippen molar-refractivity contribution in [3.8, 4) is 5.75 Å². The number of hydrogen-bond acceptors (Lipinski definition) is 1. The average Bonchev–Trinajstić information content (AvgIpc) is 2.11. The number of allylic oxidation sites excluding steroid dienone is 1. The molecule has 1 heteroatoms. The monoisotopic (exact) mass is 176 g/mol. The fourth-order valence-corrected chi connectivity index (χ4v) is 1.35. The summed E-state index contributed by atoms with van der Waals surface area (Å²) in [6.07, 6.45) is 4.11. The Labute approximate surface area is 80.0 Å². The number of ether oxygens (including phenoxy) is 1. The van der Waals surface area contributed by atoms with Crippen molar-refractivity contribution >= 4 is 6.08 Å². The first-order valence-corrected chi connectivity index (χ1v) is 4.47. The van der Waals surface area contributed by atoms with Gasteiger partial charge in [-0.25, -0.2) is 0 Å². The maximum atomic E-state index is 5.28. The van der Waals surface area contributed by atoms with E-state index in [1.165, 1.54) is 16.7 Å². The summed E-state index contributed by atoms with van der Waals surface area (Å²) in [5, 5.41) is 0. The molecule has 1 nitrogen and oxygen atoms in total. The molecule has 0 aliphatic carbocycles. The third-order valence-electron chi connectivity index (χ3n) is 2.22. The van der Waals surface area contributed by atoms with Gasteiger partial charge in [0.2, 0.25) is 0 Å². The van der Waals surface area contributed by atoms with Crippen LogP contribution in [0, 0.1) is 13.8 Å². The van der Waals surface area contributed by atoms with Crippen LogP contribution < -0.4 is 4.74 Å². The number of methoxy groups -OCH3 is 1. The molecule has 0 saturated heterocycles. The summed E-state index contributed by atoms with van der Waals surface area (Å²) in [6, 6.07) is 4.22. The summed E-state index contributed by atoms with van der Waals surface area (Å²) < 4.78 is 5.28. The summed E-state index contributed by atoms with van der Waals surface area (Å²) >= 11 is 0. The van der Waals surface area contributed by atoms with Crippen molar-refractivity contribution in [1.29, 1.82) is 0 Å². The van der Waals surface area contributed by atoms with Crippen molar-refractivity contribution in [2.24, 2.45) is 0 Å². The first-order chi connectivity index (χ1) is 6.19. The predicted molar refractivity (Wildman–Crippen MR) is 57.2 cm³/mol. The van der Waals surface area contributed by atoms with E-state index in [0.29, 0.717) is 0 Å². The Morgan fingerprint density at radius 1 is 1.23 bits per heavy atom. The number of aryl methyl sites for hydroxylation is 1. The molecule has 0 aliphatic heterocycles. The molecule has 0 heterocycles. The van der Waals surface area contributed by atoms with Crippen LogP contribution in [-0.2, 0) is 0 Å². The summed E-state index contributed by atoms with van der Waals surface area (Å²) in [7, 11) is 1.71. The van der Waals surface area contributed by atoms with Gasteiger partial charge in [-0.3, -0.25) is 0 Å². The lowest BCUT2D eigenvalue weighted by Crippen LogP contribution is -1.91. The molecule has 0 amide bonds. The van der Waals surface area contributed by atoms with Gasteiger partial charge >= 0.3 is 0 Å². The summed E-state index contributed by atoms with van der Waals surface area (Å²) in [5.74, 6) is 0.966. The van der Waals surface area contributed by atoms with Crippen LogP contribution >= 0.6 is 0 Å². The van der Waals surface area contributed by atoms with Gasteiger partial charge in [0.05, 0.1) is 7.11 Å². The molecule has 0 unspecified atom stereocenters. The third-order valence-corrected chi connectivity index (χ3v) is 2.22. The predicted octanol–water partition coefficient (Wildman–Crippen LogP) is 3.35. The van der Waals surface area contributed by atoms with Gasteiger partial charge in [-0.15, -0.1) is 0 Å². The van der Waals surface area contributed by atoms with Crippen LogP contribution in [0.5, 0.6) is 5.75 Å². The van der Waals surface area contributed by atoms with E-state index in [9.17, 15) is 0 Å². The highest BCUT2D eigenvalue weighted by Crippen LogP contribution is 2.23. The Morgan fingerprint density at radius 3 is 2.46 bits per heavy atom. The van der Waals surface area contributed by atoms with E-state index >= 15 is 0 Å². The minimum Gasteiger partial charge on any atom is -0.496 e. The highest BCUT2D eigenvalue weighted by Gasteiger charge is 2.02. The van der Waals surface area contributed by atoms with Gasteiger partial charge in [0.25, 0.3) is 0 Å². The molecule has 0 bridgehead atoms. The third kappa shape index (κ3) is 2.11. The van der Waals surface area contributed by atoms with E-state index in [4.69, 9.17) is 4.74 Å². The molecule has 0 N–H and O–H groups in total. The van der Waals surface area contributed by atoms with E-state index in [1.807, 2.05) is 13.0 Å². The standard InChI is InChI=1S/C12H16O/c1-5-6-11-7-9(2)10(3)12(8-11)13-4/h5-8H,1-4H3/b6-5+. The molecule has 13 heavy (non-hydrogen) atoms. The van der Waals surface area contributed by atoms with Crippen molar-refractivity contribution in [3.05, 3.63) is 34.9 Å². The van der Waals surface area contributed by atoms with Gasteiger partial charge in [-0.2, -0.15) is 0 Å². The normalized spacial score (nSPS) is 10.8. The van der Waals surface area contributed by atoms with Crippen LogP contribution in [0.4, 0.5) is 0 Å². The molecule has 0 aliphatic rings. The second-order valence-corrected chi connectivity index (χ2v) is 3.17. The Balaban J connectivity index is 3.21. The zero-order chi connectivity index (χ0) is 9.84. The van der Waals surface area contributed by atoms with Gasteiger partial charge in [-0.1, -0.05) is 18.2 Å². The zero-order valence-corrected chi connectivity index (χ0v) is 8.72. The first kappa shape index (κ1) is 9.85. The lowest BCUT2D eigenvalue weighted by atomic mass is 10.0. The van der Waals surface area contributed by atoms with Gasteiger partial charge in [-0.05, 0) is 43.5 Å². The molecule has 0 aromatic heterocycles. The Morgan fingerprint density at radius 2 is 1.92 bits per heavy atom. The maximum Gasteiger partial charge on any atom is 0.122 e. The summed E-state index contributed by atoms with van der Waals surface area (Å²) in [4.78, 5) is 0. The van der Waals surface area contributed by atoms with Crippen LogP contribution in [0.1, 0.15) is 23.6 Å². The van der Waals surface area contributed by atoms with Gasteiger partial charge in [0.15, 0.2) is 0 Å². The van der Waals surface area contributed by atoms with Crippen molar-refractivity contribution in [2.75, 3.05) is 7.11 Å². The Hall–Kier alpha value is -1.24. The lowest BCUT2D eigenvalue weighted by Gasteiger charge is -2.08. The highest BCUT2D eigenvalue weighted by molar-refractivity contribution is 5.55. The molecule has 0 saturated carbocycles. The Kier molecular flexibility index (Phi) is 3.13. The van der Waals surface area contributed by atoms with Crippen molar-refractivity contribution in [1.82, 2.24) is 0 Å². The highest BCUT2D eigenvalue weighted by atomic mass is 16.5. The van der Waals surface area contributed by atoms with E-state index in [0.717, 1.165) is 5.75 Å². The molecule has 70 valence electrons. The van der Waals surface area contributed by atoms with Crippen LogP contribution in [0.3, 0.4) is 0 Å². The summed E-state index contributed by atoms with van der Waals surface area (Å²) in [5.41, 5.74) is 3.69. The van der Waals surface area contributed by atoms with Gasteiger partial charge in [0, 0.05) is 0 Å². The van der Waals surface area contributed by atoms with E-state index in [-0.39, 0.29) is 0 Å². The quantitative estimate of drug-likeness (QED) is 0.671. The van der Waals surface area contributed by atoms with Crippen molar-refractivity contribution < 1.29 is 4.74 Å². The molecule has 1 aromatic rings. The topological polar surface area (TPSA) is 9.23 Å². The van der Waals surface area contributed by atoms with Gasteiger partial charge < -0.3 is 4.74 Å². The lowest BCUT2D eigenvalue weighted by molar-refractivity contribution is 0.411. The molecule has 1 aromatic carbocycles. The second kappa shape index (κ2) is 4.13. The number of rotatable bonds is 2. The van der Waals surface area contributed by atoms with Crippen LogP contribution in [0.25, 0.3) is 6.08 Å². The SMILES string of the molecule is C/C=C/c1cc(C)c(C)c(OC)c1. The minimum absolute atomic E-state index is 0.966. The van der Waals surface area contributed by atoms with E-state index in [2.05, 4.69) is 32.1 Å². The molecule has 0 radical (unpaired) electrons. The molecular formula is C12H16O. The van der Waals surface area contributed by atoms with E-state index in [1.54, 1.807) is 7.11 Å². The zero-order valence-electron chi connectivity index (χ0n) is 8.72. The second-order valence-electron chi connectivity index (χ2n) is 3.17.